The third-order valence-corrected chi connectivity index (χ3v) is 0.167. The number of nitrogens with two attached hydrogens (primary N) is 1. The molecule has 0 heterocycles. The highest BCUT2D eigenvalue weighted by Crippen LogP contribution is 1.53. The summed E-state index contributed by atoms with van der Waals surface area (Å²) < 4.78 is 0. The van der Waals surface area contributed by atoms with Gasteiger partial charge in [-0.15, -0.1) is 0 Å². The van der Waals surface area contributed by atoms with Crippen LogP contribution in [0.3, 0.4) is 0 Å². The molecule has 0 amide bonds. The molecule has 8 heavy (non-hydrogen) atoms. The van der Waals surface area contributed by atoms with Gasteiger partial charge in [0.25, 0.3) is 0 Å². The Balaban J connectivity index is -0.0000000575. The molecule has 52 valence electrons. The summed E-state index contributed by atoms with van der Waals surface area (Å²) in [5.41, 5.74) is 4.85. The van der Waals surface area contributed by atoms with Crippen LogP contribution < -0.4 is 5.73 Å². The van der Waals surface area contributed by atoms with Gasteiger partial charge < -0.3 is 10.5 Å². The molecule has 0 aliphatic rings. The van der Waals surface area contributed by atoms with Gasteiger partial charge in [0.05, 0.1) is 0 Å². The molecular formula is C6H17NO. The van der Waals surface area contributed by atoms with Crippen molar-refractivity contribution < 1.29 is 4.79 Å². The zero-order valence-corrected chi connectivity index (χ0v) is 4.98. The van der Waals surface area contributed by atoms with Crippen molar-refractivity contribution in [2.75, 3.05) is 6.54 Å². The standard InChI is InChI=1S/C3H6O.C2H7N.CH4/c1-2-3-4;1-2-3;/h3H,2H2,1H3;2-3H2,1H3;1H4. The first kappa shape index (κ1) is 15.6. The van der Waals surface area contributed by atoms with Crippen molar-refractivity contribution >= 4 is 6.29 Å². The Morgan fingerprint density at radius 2 is 1.62 bits per heavy atom. The fourth-order valence-corrected chi connectivity index (χ4v) is 0. The fraction of sp³-hybridized carbons (Fsp3) is 0.833. The molecule has 0 unspecified atom stereocenters. The summed E-state index contributed by atoms with van der Waals surface area (Å²) in [7, 11) is 0. The highest BCUT2D eigenvalue weighted by molar-refractivity contribution is 5.48. The van der Waals surface area contributed by atoms with Crippen molar-refractivity contribution in [2.45, 2.75) is 27.7 Å². The molecule has 2 nitrogen and oxygen atoms in total. The molecule has 0 rings (SSSR count). The van der Waals surface area contributed by atoms with E-state index in [0.717, 1.165) is 12.8 Å². The summed E-state index contributed by atoms with van der Waals surface area (Å²) in [6.07, 6.45) is 1.51. The Morgan fingerprint density at radius 3 is 1.62 bits per heavy atom. The Hall–Kier alpha value is -0.370. The average molecular weight is 119 g/mol. The van der Waals surface area contributed by atoms with Crippen LogP contribution in [-0.2, 0) is 4.79 Å². The molecule has 0 fully saturated rings. The second-order valence-corrected chi connectivity index (χ2v) is 0.983. The van der Waals surface area contributed by atoms with E-state index >= 15 is 0 Å². The van der Waals surface area contributed by atoms with Crippen LogP contribution >= 0.6 is 0 Å². The zero-order chi connectivity index (χ0) is 6.12. The second-order valence-electron chi connectivity index (χ2n) is 0.983. The molecule has 0 aromatic rings. The molecule has 0 aliphatic heterocycles. The minimum atomic E-state index is 0. The lowest BCUT2D eigenvalue weighted by molar-refractivity contribution is -0.107. The van der Waals surface area contributed by atoms with Crippen LogP contribution in [0.4, 0.5) is 0 Å². The maximum Gasteiger partial charge on any atom is 0.119 e. The van der Waals surface area contributed by atoms with Crippen LogP contribution in [0, 0.1) is 0 Å². The second kappa shape index (κ2) is 30.4. The number of carbonyl (C=O) groups is 1. The Morgan fingerprint density at radius 1 is 1.50 bits per heavy atom. The molecule has 0 bridgehead atoms. The lowest BCUT2D eigenvalue weighted by Gasteiger charge is -1.53. The smallest absolute Gasteiger partial charge is 0.119 e. The zero-order valence-electron chi connectivity index (χ0n) is 4.98. The van der Waals surface area contributed by atoms with Gasteiger partial charge in [-0.2, -0.15) is 0 Å². The molecule has 0 saturated carbocycles. The molecule has 0 radical (unpaired) electrons. The van der Waals surface area contributed by atoms with Crippen LogP contribution in [0.1, 0.15) is 27.7 Å². The van der Waals surface area contributed by atoms with Crippen molar-refractivity contribution in [3.05, 3.63) is 0 Å². The minimum Gasteiger partial charge on any atom is -0.331 e. The van der Waals surface area contributed by atoms with Crippen LogP contribution in [0.15, 0.2) is 0 Å². The quantitative estimate of drug-likeness (QED) is 0.527. The van der Waals surface area contributed by atoms with E-state index in [1.807, 2.05) is 13.8 Å². The van der Waals surface area contributed by atoms with Gasteiger partial charge in [-0.1, -0.05) is 21.3 Å². The molecular weight excluding hydrogens is 102 g/mol. The molecule has 0 aliphatic carbocycles. The van der Waals surface area contributed by atoms with Gasteiger partial charge >= 0.3 is 0 Å². The van der Waals surface area contributed by atoms with E-state index in [9.17, 15) is 4.79 Å². The number of rotatable bonds is 1. The summed E-state index contributed by atoms with van der Waals surface area (Å²) in [6, 6.07) is 0. The average Bonchev–Trinajstić information content (AvgIpc) is 1.69. The van der Waals surface area contributed by atoms with Crippen LogP contribution in [0.25, 0.3) is 0 Å². The van der Waals surface area contributed by atoms with Crippen molar-refractivity contribution in [1.29, 1.82) is 0 Å². The predicted molar refractivity (Wildman–Crippen MR) is 37.8 cm³/mol. The van der Waals surface area contributed by atoms with Crippen molar-refractivity contribution in [1.82, 2.24) is 0 Å². The first-order valence-corrected chi connectivity index (χ1v) is 2.47. The van der Waals surface area contributed by atoms with Crippen LogP contribution in [0.5, 0.6) is 0 Å². The minimum absolute atomic E-state index is 0. The monoisotopic (exact) mass is 119 g/mol. The SMILES string of the molecule is C.CCC=O.CCN. The van der Waals surface area contributed by atoms with E-state index in [-0.39, 0.29) is 7.43 Å². The van der Waals surface area contributed by atoms with E-state index in [1.54, 1.807) is 0 Å². The van der Waals surface area contributed by atoms with E-state index in [0.29, 0.717) is 6.42 Å². The lowest BCUT2D eigenvalue weighted by Crippen LogP contribution is -1.87. The van der Waals surface area contributed by atoms with Gasteiger partial charge in [0.2, 0.25) is 0 Å². The molecule has 0 saturated heterocycles. The third-order valence-electron chi connectivity index (χ3n) is 0.167. The maximum atomic E-state index is 9.17. The predicted octanol–water partition coefficient (Wildman–Crippen LogP) is 1.20. The molecule has 2 heteroatoms. The molecule has 0 atom stereocenters. The Kier molecular flexibility index (Phi) is 59.4. The highest BCUT2D eigenvalue weighted by atomic mass is 16.1. The van der Waals surface area contributed by atoms with Crippen LogP contribution in [0.2, 0.25) is 0 Å². The summed E-state index contributed by atoms with van der Waals surface area (Å²) in [6.45, 7) is 4.47. The molecule has 0 aromatic carbocycles. The lowest BCUT2D eigenvalue weighted by atomic mass is 10.6. The number of aldehydes is 1. The summed E-state index contributed by atoms with van der Waals surface area (Å²) in [5, 5.41) is 0. The van der Waals surface area contributed by atoms with E-state index in [1.165, 1.54) is 0 Å². The van der Waals surface area contributed by atoms with Crippen molar-refractivity contribution in [3.63, 3.8) is 0 Å². The van der Waals surface area contributed by atoms with Gasteiger partial charge in [-0.05, 0) is 6.54 Å². The topological polar surface area (TPSA) is 43.1 Å². The summed E-state index contributed by atoms with van der Waals surface area (Å²) >= 11 is 0. The maximum absolute atomic E-state index is 9.17. The number of hydrogen-bond donors (Lipinski definition) is 1. The van der Waals surface area contributed by atoms with E-state index < -0.39 is 0 Å². The Labute approximate surface area is 52.1 Å². The van der Waals surface area contributed by atoms with E-state index in [2.05, 4.69) is 0 Å². The third kappa shape index (κ3) is 304. The highest BCUT2D eigenvalue weighted by Gasteiger charge is 1.52. The normalized spacial score (nSPS) is 5.38. The van der Waals surface area contributed by atoms with Gasteiger partial charge in [0, 0.05) is 6.42 Å². The van der Waals surface area contributed by atoms with Crippen molar-refractivity contribution in [3.8, 4) is 0 Å². The van der Waals surface area contributed by atoms with Gasteiger partial charge in [0.15, 0.2) is 0 Å². The molecule has 0 aromatic heterocycles. The van der Waals surface area contributed by atoms with Gasteiger partial charge in [-0.25, -0.2) is 0 Å². The summed E-state index contributed by atoms with van der Waals surface area (Å²) in [5.74, 6) is 0. The first-order valence-electron chi connectivity index (χ1n) is 2.47. The fourth-order valence-electron chi connectivity index (χ4n) is 0. The molecule has 0 spiro atoms. The summed E-state index contributed by atoms with van der Waals surface area (Å²) in [4.78, 5) is 9.17. The number of hydrogen-bond acceptors (Lipinski definition) is 2. The van der Waals surface area contributed by atoms with Gasteiger partial charge in [-0.3, -0.25) is 0 Å². The van der Waals surface area contributed by atoms with Crippen LogP contribution in [-0.4, -0.2) is 12.8 Å². The number of carbonyl (C=O) groups excluding carboxylic acids is 1. The van der Waals surface area contributed by atoms with Crippen molar-refractivity contribution in [2.24, 2.45) is 5.73 Å². The largest absolute Gasteiger partial charge is 0.331 e. The van der Waals surface area contributed by atoms with E-state index in [4.69, 9.17) is 5.73 Å². The Bertz CT molecular complexity index is 29.7. The van der Waals surface area contributed by atoms with Gasteiger partial charge in [0.1, 0.15) is 6.29 Å². The first-order chi connectivity index (χ1) is 3.33. The molecule has 2 N–H and O–H groups in total.